The smallest absolute Gasteiger partial charge is 0.234 e. The lowest BCUT2D eigenvalue weighted by atomic mass is 9.90. The van der Waals surface area contributed by atoms with E-state index >= 15 is 0 Å². The maximum atomic E-state index is 12.7. The number of rotatable bonds is 10. The molecule has 158 valence electrons. The number of ether oxygens (including phenoxy) is 1. The van der Waals surface area contributed by atoms with E-state index in [1.165, 1.54) is 23.8 Å². The molecule has 1 saturated carbocycles. The predicted molar refractivity (Wildman–Crippen MR) is 121 cm³/mol. The van der Waals surface area contributed by atoms with E-state index in [1.807, 2.05) is 18.2 Å². The summed E-state index contributed by atoms with van der Waals surface area (Å²) in [6.07, 6.45) is 4.67. The summed E-state index contributed by atoms with van der Waals surface area (Å²) in [6.45, 7) is 5.11. The molecule has 1 fully saturated rings. The van der Waals surface area contributed by atoms with E-state index in [1.54, 1.807) is 7.11 Å². The van der Waals surface area contributed by atoms with Gasteiger partial charge in [-0.1, -0.05) is 37.3 Å². The van der Waals surface area contributed by atoms with Crippen molar-refractivity contribution in [3.05, 3.63) is 65.9 Å². The van der Waals surface area contributed by atoms with Crippen LogP contribution in [-0.2, 0) is 4.79 Å². The number of aromatic amines is 1. The summed E-state index contributed by atoms with van der Waals surface area (Å²) in [7, 11) is 1.67. The van der Waals surface area contributed by atoms with Crippen LogP contribution in [0.1, 0.15) is 36.8 Å². The first-order valence-corrected chi connectivity index (χ1v) is 10.9. The fourth-order valence-corrected chi connectivity index (χ4v) is 4.07. The zero-order chi connectivity index (χ0) is 20.9. The Kier molecular flexibility index (Phi) is 6.38. The van der Waals surface area contributed by atoms with Crippen LogP contribution in [0, 0.1) is 5.92 Å². The first-order chi connectivity index (χ1) is 14.7. The van der Waals surface area contributed by atoms with Crippen LogP contribution >= 0.6 is 0 Å². The largest absolute Gasteiger partial charge is 0.497 e. The number of hydrogen-bond acceptors (Lipinski definition) is 3. The lowest BCUT2D eigenvalue weighted by Crippen LogP contribution is -2.39. The van der Waals surface area contributed by atoms with Gasteiger partial charge in [0.05, 0.1) is 13.7 Å². The van der Waals surface area contributed by atoms with E-state index in [2.05, 4.69) is 58.7 Å². The Morgan fingerprint density at radius 2 is 1.97 bits per heavy atom. The lowest BCUT2D eigenvalue weighted by Gasteiger charge is -2.22. The van der Waals surface area contributed by atoms with Gasteiger partial charge in [0.15, 0.2) is 0 Å². The predicted octanol–water partition coefficient (Wildman–Crippen LogP) is 4.16. The summed E-state index contributed by atoms with van der Waals surface area (Å²) < 4.78 is 5.32. The second kappa shape index (κ2) is 9.35. The van der Waals surface area contributed by atoms with Crippen LogP contribution in [0.25, 0.3) is 10.9 Å². The molecule has 1 amide bonds. The van der Waals surface area contributed by atoms with Crippen LogP contribution < -0.4 is 10.1 Å². The van der Waals surface area contributed by atoms with Crippen molar-refractivity contribution < 1.29 is 9.53 Å². The van der Waals surface area contributed by atoms with Crippen LogP contribution in [0.3, 0.4) is 0 Å². The van der Waals surface area contributed by atoms with Gasteiger partial charge >= 0.3 is 0 Å². The molecule has 1 aromatic heterocycles. The molecule has 0 saturated heterocycles. The SMILES string of the molecule is CCN(CC(=O)NCC(c1ccc(OC)cc1)c1c[nH]c2ccccc12)CC1CC1. The third-order valence-electron chi connectivity index (χ3n) is 6.05. The summed E-state index contributed by atoms with van der Waals surface area (Å²) >= 11 is 0. The van der Waals surface area contributed by atoms with E-state index in [0.717, 1.165) is 35.8 Å². The second-order valence-corrected chi connectivity index (χ2v) is 8.19. The van der Waals surface area contributed by atoms with Gasteiger partial charge < -0.3 is 15.0 Å². The molecular formula is C25H31N3O2. The van der Waals surface area contributed by atoms with E-state index in [9.17, 15) is 4.79 Å². The minimum atomic E-state index is 0.0644. The molecule has 30 heavy (non-hydrogen) atoms. The number of likely N-dealkylation sites (N-methyl/N-ethyl adjacent to an activating group) is 1. The fraction of sp³-hybridized carbons (Fsp3) is 0.400. The Bertz CT molecular complexity index is 975. The van der Waals surface area contributed by atoms with Gasteiger partial charge in [-0.05, 0) is 54.6 Å². The van der Waals surface area contributed by atoms with Crippen LogP contribution in [0.2, 0.25) is 0 Å². The van der Waals surface area contributed by atoms with Crippen LogP contribution in [-0.4, -0.2) is 49.1 Å². The molecule has 0 spiro atoms. The highest BCUT2D eigenvalue weighted by Gasteiger charge is 2.25. The molecule has 1 aliphatic rings. The molecule has 1 heterocycles. The Morgan fingerprint density at radius 1 is 1.20 bits per heavy atom. The molecule has 5 heteroatoms. The number of nitrogens with zero attached hydrogens (tertiary/aromatic N) is 1. The van der Waals surface area contributed by atoms with E-state index in [0.29, 0.717) is 13.1 Å². The van der Waals surface area contributed by atoms with Crippen LogP contribution in [0.4, 0.5) is 0 Å². The van der Waals surface area contributed by atoms with Crippen LogP contribution in [0.15, 0.2) is 54.7 Å². The number of benzene rings is 2. The van der Waals surface area contributed by atoms with Crippen LogP contribution in [0.5, 0.6) is 5.75 Å². The third-order valence-corrected chi connectivity index (χ3v) is 6.05. The Hall–Kier alpha value is -2.79. The molecule has 2 aromatic carbocycles. The summed E-state index contributed by atoms with van der Waals surface area (Å²) in [5.74, 6) is 1.78. The van der Waals surface area contributed by atoms with Crippen molar-refractivity contribution in [1.29, 1.82) is 0 Å². The minimum absolute atomic E-state index is 0.0644. The zero-order valence-electron chi connectivity index (χ0n) is 17.9. The van der Waals surface area contributed by atoms with Gasteiger partial charge in [0, 0.05) is 36.1 Å². The van der Waals surface area contributed by atoms with Crippen molar-refractivity contribution >= 4 is 16.8 Å². The highest BCUT2D eigenvalue weighted by atomic mass is 16.5. The van der Waals surface area contributed by atoms with Crippen molar-refractivity contribution in [3.8, 4) is 5.75 Å². The molecular weight excluding hydrogens is 374 g/mol. The minimum Gasteiger partial charge on any atom is -0.497 e. The number of nitrogens with one attached hydrogen (secondary N) is 2. The summed E-state index contributed by atoms with van der Waals surface area (Å²) in [5.41, 5.74) is 3.46. The number of carbonyl (C=O) groups is 1. The molecule has 1 atom stereocenters. The second-order valence-electron chi connectivity index (χ2n) is 8.19. The maximum absolute atomic E-state index is 12.7. The van der Waals surface area contributed by atoms with Crippen molar-refractivity contribution in [1.82, 2.24) is 15.2 Å². The molecule has 5 nitrogen and oxygen atoms in total. The highest BCUT2D eigenvalue weighted by molar-refractivity contribution is 5.84. The number of amides is 1. The van der Waals surface area contributed by atoms with Gasteiger partial charge in [-0.25, -0.2) is 0 Å². The van der Waals surface area contributed by atoms with Crippen molar-refractivity contribution in [2.75, 3.05) is 33.3 Å². The molecule has 0 bridgehead atoms. The number of hydrogen-bond donors (Lipinski definition) is 2. The highest BCUT2D eigenvalue weighted by Crippen LogP contribution is 2.32. The number of fused-ring (bicyclic) bond motifs is 1. The number of aromatic nitrogens is 1. The molecule has 3 aromatic rings. The van der Waals surface area contributed by atoms with Gasteiger partial charge in [-0.15, -0.1) is 0 Å². The van der Waals surface area contributed by atoms with E-state index in [4.69, 9.17) is 4.74 Å². The fourth-order valence-electron chi connectivity index (χ4n) is 4.07. The van der Waals surface area contributed by atoms with Crippen molar-refractivity contribution in [3.63, 3.8) is 0 Å². The van der Waals surface area contributed by atoms with E-state index < -0.39 is 0 Å². The summed E-state index contributed by atoms with van der Waals surface area (Å²) in [6, 6.07) is 16.4. The maximum Gasteiger partial charge on any atom is 0.234 e. The van der Waals surface area contributed by atoms with Crippen molar-refractivity contribution in [2.24, 2.45) is 5.92 Å². The Morgan fingerprint density at radius 3 is 2.67 bits per heavy atom. The average Bonchev–Trinajstić information content (AvgIpc) is 3.50. The first kappa shape index (κ1) is 20.5. The monoisotopic (exact) mass is 405 g/mol. The Balaban J connectivity index is 1.52. The molecule has 0 aliphatic heterocycles. The molecule has 0 radical (unpaired) electrons. The number of para-hydroxylation sites is 1. The third kappa shape index (κ3) is 4.85. The summed E-state index contributed by atoms with van der Waals surface area (Å²) in [5, 5.41) is 4.39. The van der Waals surface area contributed by atoms with E-state index in [-0.39, 0.29) is 11.8 Å². The molecule has 4 rings (SSSR count). The van der Waals surface area contributed by atoms with Gasteiger partial charge in [-0.3, -0.25) is 9.69 Å². The standard InChI is InChI=1S/C25H31N3O2/c1-3-28(16-18-8-9-18)17-25(29)27-14-22(19-10-12-20(30-2)13-11-19)23-15-26-24-7-5-4-6-21(23)24/h4-7,10-13,15,18,22,26H,3,8-9,14,16-17H2,1-2H3,(H,27,29). The Labute approximate surface area is 178 Å². The van der Waals surface area contributed by atoms with Gasteiger partial charge in [-0.2, -0.15) is 0 Å². The average molecular weight is 406 g/mol. The summed E-state index contributed by atoms with van der Waals surface area (Å²) in [4.78, 5) is 18.3. The number of carbonyl (C=O) groups excluding carboxylic acids is 1. The quantitative estimate of drug-likeness (QED) is 0.533. The van der Waals surface area contributed by atoms with Crippen molar-refractivity contribution in [2.45, 2.75) is 25.7 Å². The first-order valence-electron chi connectivity index (χ1n) is 10.9. The molecule has 1 unspecified atom stereocenters. The number of H-pyrrole nitrogens is 1. The van der Waals surface area contributed by atoms with Gasteiger partial charge in [0.2, 0.25) is 5.91 Å². The van der Waals surface area contributed by atoms with Gasteiger partial charge in [0.1, 0.15) is 5.75 Å². The topological polar surface area (TPSA) is 57.4 Å². The lowest BCUT2D eigenvalue weighted by molar-refractivity contribution is -0.122. The van der Waals surface area contributed by atoms with Gasteiger partial charge in [0.25, 0.3) is 0 Å². The normalized spacial score (nSPS) is 14.8. The molecule has 1 aliphatic carbocycles. The molecule has 2 N–H and O–H groups in total. The zero-order valence-corrected chi connectivity index (χ0v) is 17.9. The number of methoxy groups -OCH3 is 1.